The Morgan fingerprint density at radius 2 is 1.85 bits per heavy atom. The number of ether oxygens (including phenoxy) is 2. The van der Waals surface area contributed by atoms with Crippen LogP contribution in [0.2, 0.25) is 0 Å². The molecule has 0 saturated heterocycles. The summed E-state index contributed by atoms with van der Waals surface area (Å²) in [6, 6.07) is 7.67. The molecule has 0 aliphatic heterocycles. The minimum absolute atomic E-state index is 0.219. The van der Waals surface area contributed by atoms with Crippen molar-refractivity contribution in [2.45, 2.75) is 13.8 Å². The first-order valence-electron chi connectivity index (χ1n) is 6.21. The number of hydrogen-bond acceptors (Lipinski definition) is 4. The van der Waals surface area contributed by atoms with E-state index in [0.29, 0.717) is 19.0 Å². The first-order chi connectivity index (χ1) is 9.58. The molecule has 2 aromatic rings. The fraction of sp³-hybridized carbons (Fsp3) is 0.267. The van der Waals surface area contributed by atoms with Crippen molar-refractivity contribution in [3.63, 3.8) is 0 Å². The number of benzene rings is 1. The first kappa shape index (κ1) is 14.4. The van der Waals surface area contributed by atoms with Crippen molar-refractivity contribution in [3.8, 4) is 11.5 Å². The quantitative estimate of drug-likeness (QED) is 0.828. The molecule has 0 radical (unpaired) electrons. The van der Waals surface area contributed by atoms with Crippen LogP contribution >= 0.6 is 11.3 Å². The summed E-state index contributed by atoms with van der Waals surface area (Å²) < 4.78 is 11.1. The van der Waals surface area contributed by atoms with Gasteiger partial charge in [-0.25, -0.2) is 4.79 Å². The first-order valence-corrected chi connectivity index (χ1v) is 7.09. The van der Waals surface area contributed by atoms with Crippen molar-refractivity contribution in [1.82, 2.24) is 0 Å². The predicted octanol–water partition coefficient (Wildman–Crippen LogP) is 3.52. The van der Waals surface area contributed by atoms with E-state index in [1.807, 2.05) is 32.0 Å². The maximum Gasteiger partial charge on any atom is 0.349 e. The smallest absolute Gasteiger partial charge is 0.349 e. The Balaban J connectivity index is 1.86. The van der Waals surface area contributed by atoms with Gasteiger partial charge in [-0.15, -0.1) is 11.3 Å². The molecule has 0 unspecified atom stereocenters. The van der Waals surface area contributed by atoms with E-state index in [2.05, 4.69) is 0 Å². The van der Waals surface area contributed by atoms with Crippen molar-refractivity contribution in [2.75, 3.05) is 13.2 Å². The summed E-state index contributed by atoms with van der Waals surface area (Å²) in [5, 5.41) is 10.7. The molecule has 0 atom stereocenters. The molecular weight excluding hydrogens is 276 g/mol. The second-order valence-corrected chi connectivity index (χ2v) is 5.30. The normalized spacial score (nSPS) is 10.3. The van der Waals surface area contributed by atoms with Gasteiger partial charge in [0, 0.05) is 0 Å². The number of carbonyl (C=O) groups is 1. The lowest BCUT2D eigenvalue weighted by Gasteiger charge is -2.10. The van der Waals surface area contributed by atoms with Gasteiger partial charge in [0.2, 0.25) is 0 Å². The molecule has 4 nitrogen and oxygen atoms in total. The lowest BCUT2D eigenvalue weighted by molar-refractivity contribution is 0.0697. The summed E-state index contributed by atoms with van der Waals surface area (Å²) in [6.45, 7) is 4.67. The maximum absolute atomic E-state index is 10.9. The van der Waals surface area contributed by atoms with Crippen molar-refractivity contribution in [1.29, 1.82) is 0 Å². The average molecular weight is 292 g/mol. The van der Waals surface area contributed by atoms with E-state index in [0.717, 1.165) is 28.2 Å². The van der Waals surface area contributed by atoms with Crippen molar-refractivity contribution in [2.24, 2.45) is 0 Å². The summed E-state index contributed by atoms with van der Waals surface area (Å²) in [6.07, 6.45) is 0. The Labute approximate surface area is 121 Å². The summed E-state index contributed by atoms with van der Waals surface area (Å²) in [4.78, 5) is 11.1. The van der Waals surface area contributed by atoms with E-state index < -0.39 is 5.97 Å². The number of thiophene rings is 1. The van der Waals surface area contributed by atoms with Crippen molar-refractivity contribution in [3.05, 3.63) is 45.6 Å². The van der Waals surface area contributed by atoms with Crippen LogP contribution in [0.4, 0.5) is 0 Å². The zero-order chi connectivity index (χ0) is 14.5. The minimum atomic E-state index is -0.967. The van der Waals surface area contributed by atoms with Gasteiger partial charge in [-0.05, 0) is 42.5 Å². The molecule has 5 heteroatoms. The van der Waals surface area contributed by atoms with Gasteiger partial charge in [-0.1, -0.05) is 12.1 Å². The van der Waals surface area contributed by atoms with Gasteiger partial charge >= 0.3 is 5.97 Å². The topological polar surface area (TPSA) is 55.8 Å². The Morgan fingerprint density at radius 1 is 1.15 bits per heavy atom. The molecule has 1 aromatic heterocycles. The molecule has 0 spiro atoms. The summed E-state index contributed by atoms with van der Waals surface area (Å²) in [5.74, 6) is 0.259. The lowest BCUT2D eigenvalue weighted by atomic mass is 10.1. The van der Waals surface area contributed by atoms with Gasteiger partial charge in [0.1, 0.15) is 24.7 Å². The third kappa shape index (κ3) is 3.51. The van der Waals surface area contributed by atoms with E-state index in [1.165, 1.54) is 0 Å². The third-order valence-corrected chi connectivity index (χ3v) is 3.65. The van der Waals surface area contributed by atoms with Crippen LogP contribution in [0.15, 0.2) is 29.6 Å². The summed E-state index contributed by atoms with van der Waals surface area (Å²) >= 11 is 1.15. The highest BCUT2D eigenvalue weighted by Gasteiger charge is 2.12. The monoisotopic (exact) mass is 292 g/mol. The zero-order valence-electron chi connectivity index (χ0n) is 11.4. The van der Waals surface area contributed by atoms with Gasteiger partial charge in [0.05, 0.1) is 0 Å². The second kappa shape index (κ2) is 6.43. The van der Waals surface area contributed by atoms with Crippen molar-refractivity contribution < 1.29 is 19.4 Å². The Hall–Kier alpha value is -2.01. The highest BCUT2D eigenvalue weighted by Crippen LogP contribution is 2.24. The number of carboxylic acids is 1. The molecule has 1 heterocycles. The fourth-order valence-electron chi connectivity index (χ4n) is 1.73. The average Bonchev–Trinajstić information content (AvgIpc) is 2.87. The standard InChI is InChI=1S/C15H16O4S/c1-10-3-4-11(2)13(9-10)19-7-6-18-12-5-8-20-14(12)15(16)17/h3-5,8-9H,6-7H2,1-2H3,(H,16,17). The number of aryl methyl sites for hydroxylation is 2. The predicted molar refractivity (Wildman–Crippen MR) is 78.2 cm³/mol. The lowest BCUT2D eigenvalue weighted by Crippen LogP contribution is -2.10. The Morgan fingerprint density at radius 3 is 2.55 bits per heavy atom. The largest absolute Gasteiger partial charge is 0.490 e. The molecule has 0 aliphatic carbocycles. The highest BCUT2D eigenvalue weighted by atomic mass is 32.1. The van der Waals surface area contributed by atoms with Crippen LogP contribution < -0.4 is 9.47 Å². The SMILES string of the molecule is Cc1ccc(C)c(OCCOc2ccsc2C(=O)O)c1. The van der Waals surface area contributed by atoms with Crippen LogP contribution in [0.1, 0.15) is 20.8 Å². The zero-order valence-corrected chi connectivity index (χ0v) is 12.2. The molecule has 1 N–H and O–H groups in total. The number of aromatic carboxylic acids is 1. The van der Waals surface area contributed by atoms with Crippen LogP contribution in [-0.2, 0) is 0 Å². The van der Waals surface area contributed by atoms with E-state index >= 15 is 0 Å². The molecule has 2 rings (SSSR count). The van der Waals surface area contributed by atoms with Crippen LogP contribution in [-0.4, -0.2) is 24.3 Å². The molecule has 1 aromatic carbocycles. The van der Waals surface area contributed by atoms with Crippen LogP contribution in [0.3, 0.4) is 0 Å². The molecular formula is C15H16O4S. The van der Waals surface area contributed by atoms with Gasteiger partial charge in [-0.3, -0.25) is 0 Å². The second-order valence-electron chi connectivity index (χ2n) is 4.39. The van der Waals surface area contributed by atoms with Gasteiger partial charge in [0.25, 0.3) is 0 Å². The minimum Gasteiger partial charge on any atom is -0.490 e. The van der Waals surface area contributed by atoms with E-state index in [-0.39, 0.29) is 4.88 Å². The Kier molecular flexibility index (Phi) is 4.63. The highest BCUT2D eigenvalue weighted by molar-refractivity contribution is 7.12. The van der Waals surface area contributed by atoms with Crippen LogP contribution in [0, 0.1) is 13.8 Å². The maximum atomic E-state index is 10.9. The Bertz CT molecular complexity index is 604. The molecule has 0 amide bonds. The van der Waals surface area contributed by atoms with Crippen LogP contribution in [0.5, 0.6) is 11.5 Å². The fourth-order valence-corrected chi connectivity index (χ4v) is 2.40. The molecule has 0 fully saturated rings. The number of carboxylic acid groups (broad SMARTS) is 1. The van der Waals surface area contributed by atoms with Gasteiger partial charge < -0.3 is 14.6 Å². The number of hydrogen-bond donors (Lipinski definition) is 1. The van der Waals surface area contributed by atoms with Crippen molar-refractivity contribution >= 4 is 17.3 Å². The molecule has 0 saturated carbocycles. The summed E-state index contributed by atoms with van der Waals surface area (Å²) in [5.41, 5.74) is 2.20. The molecule has 0 bridgehead atoms. The summed E-state index contributed by atoms with van der Waals surface area (Å²) in [7, 11) is 0. The third-order valence-electron chi connectivity index (χ3n) is 2.77. The van der Waals surface area contributed by atoms with E-state index in [1.54, 1.807) is 11.4 Å². The van der Waals surface area contributed by atoms with Gasteiger partial charge in [-0.2, -0.15) is 0 Å². The van der Waals surface area contributed by atoms with E-state index in [9.17, 15) is 4.79 Å². The molecule has 0 aliphatic rings. The van der Waals surface area contributed by atoms with Crippen LogP contribution in [0.25, 0.3) is 0 Å². The molecule has 20 heavy (non-hydrogen) atoms. The van der Waals surface area contributed by atoms with E-state index in [4.69, 9.17) is 14.6 Å². The number of rotatable bonds is 6. The molecule has 106 valence electrons. The van der Waals surface area contributed by atoms with Gasteiger partial charge in [0.15, 0.2) is 4.88 Å².